The lowest BCUT2D eigenvalue weighted by atomic mass is 9.89. The average Bonchev–Trinajstić information content (AvgIpc) is 3.24. The molecule has 4 heterocycles. The van der Waals surface area contributed by atoms with E-state index >= 15 is 0 Å². The maximum absolute atomic E-state index is 4.43. The quantitative estimate of drug-likeness (QED) is 0.564. The maximum atomic E-state index is 4.43. The van der Waals surface area contributed by atoms with Gasteiger partial charge in [0.2, 0.25) is 0 Å². The lowest BCUT2D eigenvalue weighted by Gasteiger charge is -2.32. The van der Waals surface area contributed by atoms with E-state index in [0.717, 1.165) is 25.3 Å². The normalized spacial score (nSPS) is 16.7. The van der Waals surface area contributed by atoms with E-state index in [1.54, 1.807) is 0 Å². The number of hydrogen-bond donors (Lipinski definition) is 2. The summed E-state index contributed by atoms with van der Waals surface area (Å²) in [5, 5.41) is 2.66. The predicted molar refractivity (Wildman–Crippen MR) is 106 cm³/mol. The van der Waals surface area contributed by atoms with Crippen LogP contribution in [0.5, 0.6) is 0 Å². The number of aromatic nitrogens is 3. The number of fused-ring (bicyclic) bond motifs is 2. The molecule has 1 aliphatic heterocycles. The van der Waals surface area contributed by atoms with Gasteiger partial charge in [0.25, 0.3) is 0 Å². The van der Waals surface area contributed by atoms with Crippen molar-refractivity contribution in [1.29, 1.82) is 0 Å². The van der Waals surface area contributed by atoms with Gasteiger partial charge in [0, 0.05) is 40.9 Å². The highest BCUT2D eigenvalue weighted by Gasteiger charge is 2.24. The van der Waals surface area contributed by atoms with Crippen molar-refractivity contribution >= 4 is 21.9 Å². The SMILES string of the molecule is Cc1[nH]c2ccccc2c1CN1CCC(c2c[nH]c3ncccc23)CC1. The number of hydrogen-bond acceptors (Lipinski definition) is 2. The number of piperidine rings is 1. The molecule has 4 nitrogen and oxygen atoms in total. The zero-order chi connectivity index (χ0) is 17.5. The van der Waals surface area contributed by atoms with Crippen LogP contribution < -0.4 is 0 Å². The molecule has 1 aromatic carbocycles. The molecule has 0 unspecified atom stereocenters. The van der Waals surface area contributed by atoms with Crippen molar-refractivity contribution in [3.63, 3.8) is 0 Å². The van der Waals surface area contributed by atoms with Gasteiger partial charge in [0.15, 0.2) is 0 Å². The molecule has 3 aromatic heterocycles. The lowest BCUT2D eigenvalue weighted by Crippen LogP contribution is -2.32. The third-order valence-electron chi connectivity index (χ3n) is 5.92. The molecule has 26 heavy (non-hydrogen) atoms. The first-order valence-electron chi connectivity index (χ1n) is 9.50. The van der Waals surface area contributed by atoms with Gasteiger partial charge in [-0.1, -0.05) is 18.2 Å². The van der Waals surface area contributed by atoms with Gasteiger partial charge in [0.1, 0.15) is 5.65 Å². The molecule has 4 aromatic rings. The standard InChI is InChI=1S/C22H24N4/c1-15-20(17-5-2-3-7-21(17)25-15)14-26-11-8-16(9-12-26)19-13-24-22-18(19)6-4-10-23-22/h2-7,10,13,16,25H,8-9,11-12,14H2,1H3,(H,23,24). The monoisotopic (exact) mass is 344 g/mol. The smallest absolute Gasteiger partial charge is 0.137 e. The fraction of sp³-hybridized carbons (Fsp3) is 0.318. The second-order valence-corrected chi connectivity index (χ2v) is 7.47. The maximum Gasteiger partial charge on any atom is 0.137 e. The number of nitrogens with zero attached hydrogens (tertiary/aromatic N) is 2. The third kappa shape index (κ3) is 2.61. The molecule has 132 valence electrons. The van der Waals surface area contributed by atoms with E-state index in [-0.39, 0.29) is 0 Å². The van der Waals surface area contributed by atoms with Gasteiger partial charge >= 0.3 is 0 Å². The summed E-state index contributed by atoms with van der Waals surface area (Å²) >= 11 is 0. The summed E-state index contributed by atoms with van der Waals surface area (Å²) in [5.74, 6) is 0.633. The molecule has 1 aliphatic rings. The van der Waals surface area contributed by atoms with Crippen molar-refractivity contribution in [3.05, 3.63) is 65.6 Å². The second-order valence-electron chi connectivity index (χ2n) is 7.47. The molecule has 0 radical (unpaired) electrons. The van der Waals surface area contributed by atoms with Gasteiger partial charge in [-0.2, -0.15) is 0 Å². The first-order valence-corrected chi connectivity index (χ1v) is 9.50. The lowest BCUT2D eigenvalue weighted by molar-refractivity contribution is 0.205. The van der Waals surface area contributed by atoms with Crippen LogP contribution in [0.15, 0.2) is 48.8 Å². The second kappa shape index (κ2) is 6.29. The summed E-state index contributed by atoms with van der Waals surface area (Å²) in [6, 6.07) is 12.9. The Hall–Kier alpha value is -2.59. The van der Waals surface area contributed by atoms with Gasteiger partial charge in [-0.15, -0.1) is 0 Å². The van der Waals surface area contributed by atoms with Crippen LogP contribution in [0, 0.1) is 6.92 Å². The number of rotatable bonds is 3. The van der Waals surface area contributed by atoms with Crippen molar-refractivity contribution < 1.29 is 0 Å². The number of aromatic amines is 2. The Morgan fingerprint density at radius 1 is 1.08 bits per heavy atom. The molecular formula is C22H24N4. The first-order chi connectivity index (χ1) is 12.8. The molecule has 2 N–H and O–H groups in total. The molecule has 0 aliphatic carbocycles. The Morgan fingerprint density at radius 3 is 2.77 bits per heavy atom. The average molecular weight is 344 g/mol. The Labute approximate surface area is 153 Å². The highest BCUT2D eigenvalue weighted by atomic mass is 15.1. The Bertz CT molecular complexity index is 1050. The van der Waals surface area contributed by atoms with Crippen molar-refractivity contribution in [1.82, 2.24) is 19.9 Å². The van der Waals surface area contributed by atoms with E-state index in [1.807, 2.05) is 12.3 Å². The molecule has 5 rings (SSSR count). The van der Waals surface area contributed by atoms with Gasteiger partial charge in [-0.3, -0.25) is 4.90 Å². The van der Waals surface area contributed by atoms with Crippen LogP contribution in [0.25, 0.3) is 21.9 Å². The molecule has 0 bridgehead atoms. The van der Waals surface area contributed by atoms with Gasteiger partial charge in [-0.05, 0) is 68.1 Å². The van der Waals surface area contributed by atoms with Crippen LogP contribution >= 0.6 is 0 Å². The molecule has 0 atom stereocenters. The summed E-state index contributed by atoms with van der Waals surface area (Å²) < 4.78 is 0. The summed E-state index contributed by atoms with van der Waals surface area (Å²) in [6.45, 7) is 5.53. The fourth-order valence-corrected chi connectivity index (χ4v) is 4.48. The third-order valence-corrected chi connectivity index (χ3v) is 5.92. The van der Waals surface area contributed by atoms with Crippen LogP contribution in [-0.4, -0.2) is 32.9 Å². The minimum Gasteiger partial charge on any atom is -0.358 e. The molecule has 0 amide bonds. The van der Waals surface area contributed by atoms with Crippen molar-refractivity contribution in [2.45, 2.75) is 32.2 Å². The highest BCUT2D eigenvalue weighted by molar-refractivity contribution is 5.84. The molecule has 4 heteroatoms. The van der Waals surface area contributed by atoms with Crippen molar-refractivity contribution in [2.24, 2.45) is 0 Å². The van der Waals surface area contributed by atoms with Crippen molar-refractivity contribution in [3.8, 4) is 0 Å². The number of aryl methyl sites for hydroxylation is 1. The Morgan fingerprint density at radius 2 is 1.88 bits per heavy atom. The summed E-state index contributed by atoms with van der Waals surface area (Å²) in [5.41, 5.74) is 6.46. The summed E-state index contributed by atoms with van der Waals surface area (Å²) in [6.07, 6.45) is 6.45. The van der Waals surface area contributed by atoms with Crippen LogP contribution in [-0.2, 0) is 6.54 Å². The van der Waals surface area contributed by atoms with E-state index in [1.165, 1.54) is 46.0 Å². The molecule has 1 saturated heterocycles. The Kier molecular flexibility index (Phi) is 3.79. The Balaban J connectivity index is 1.32. The summed E-state index contributed by atoms with van der Waals surface area (Å²) in [4.78, 5) is 13.9. The van der Waals surface area contributed by atoms with Crippen LogP contribution in [0.2, 0.25) is 0 Å². The van der Waals surface area contributed by atoms with Gasteiger partial charge in [0.05, 0.1) is 0 Å². The number of nitrogens with one attached hydrogen (secondary N) is 2. The molecule has 0 saturated carbocycles. The zero-order valence-electron chi connectivity index (χ0n) is 15.1. The van der Waals surface area contributed by atoms with Gasteiger partial charge in [-0.25, -0.2) is 4.98 Å². The van der Waals surface area contributed by atoms with Crippen LogP contribution in [0.3, 0.4) is 0 Å². The first kappa shape index (κ1) is 15.6. The minimum atomic E-state index is 0.633. The molecule has 0 spiro atoms. The van der Waals surface area contributed by atoms with Crippen molar-refractivity contribution in [2.75, 3.05) is 13.1 Å². The highest BCUT2D eigenvalue weighted by Crippen LogP contribution is 2.33. The largest absolute Gasteiger partial charge is 0.358 e. The number of likely N-dealkylation sites (tertiary alicyclic amines) is 1. The zero-order valence-corrected chi connectivity index (χ0v) is 15.1. The van der Waals surface area contributed by atoms with Crippen LogP contribution in [0.1, 0.15) is 35.6 Å². The summed E-state index contributed by atoms with van der Waals surface area (Å²) in [7, 11) is 0. The molecular weight excluding hydrogens is 320 g/mol. The van der Waals surface area contributed by atoms with E-state index in [2.05, 4.69) is 63.3 Å². The topological polar surface area (TPSA) is 47.7 Å². The van der Waals surface area contributed by atoms with Gasteiger partial charge < -0.3 is 9.97 Å². The fourth-order valence-electron chi connectivity index (χ4n) is 4.48. The van der Waals surface area contributed by atoms with E-state index in [9.17, 15) is 0 Å². The minimum absolute atomic E-state index is 0.633. The van der Waals surface area contributed by atoms with E-state index < -0.39 is 0 Å². The predicted octanol–water partition coefficient (Wildman–Crippen LogP) is 4.73. The van der Waals surface area contributed by atoms with E-state index in [4.69, 9.17) is 0 Å². The number of pyridine rings is 1. The number of benzene rings is 1. The van der Waals surface area contributed by atoms with E-state index in [0.29, 0.717) is 5.92 Å². The van der Waals surface area contributed by atoms with Crippen LogP contribution in [0.4, 0.5) is 0 Å². The molecule has 1 fully saturated rings. The number of para-hydroxylation sites is 1. The number of H-pyrrole nitrogens is 2.